The molecule has 0 heterocycles. The molecule has 132 valence electrons. The van der Waals surface area contributed by atoms with Crippen LogP contribution in [0.15, 0.2) is 48.5 Å². The van der Waals surface area contributed by atoms with Crippen LogP contribution < -0.4 is 9.62 Å². The molecule has 0 aromatic heterocycles. The molecule has 0 fully saturated rings. The van der Waals surface area contributed by atoms with Gasteiger partial charge in [-0.1, -0.05) is 18.2 Å². The maximum absolute atomic E-state index is 12.2. The van der Waals surface area contributed by atoms with Crippen LogP contribution in [0.2, 0.25) is 0 Å². The lowest BCUT2D eigenvalue weighted by molar-refractivity contribution is -0.116. The molecule has 0 radical (unpaired) electrons. The van der Waals surface area contributed by atoms with Crippen molar-refractivity contribution in [2.75, 3.05) is 22.4 Å². The molecule has 0 aliphatic rings. The molecule has 26 heavy (non-hydrogen) atoms. The van der Waals surface area contributed by atoms with Crippen LogP contribution in [0.3, 0.4) is 0 Å². The minimum Gasteiger partial charge on any atom is -0.325 e. The third-order valence-electron chi connectivity index (χ3n) is 3.53. The summed E-state index contributed by atoms with van der Waals surface area (Å²) < 4.78 is 25.2. The molecule has 1 N–H and O–H groups in total. The maximum atomic E-state index is 12.2. The van der Waals surface area contributed by atoms with Crippen molar-refractivity contribution in [1.29, 1.82) is 10.5 Å². The Hall–Kier alpha value is -3.36. The molecular formula is C18H16N4O3S. The molecule has 1 amide bonds. The Morgan fingerprint density at radius 3 is 2.50 bits per heavy atom. The van der Waals surface area contributed by atoms with Crippen LogP contribution in [0.5, 0.6) is 0 Å². The largest absolute Gasteiger partial charge is 0.325 e. The monoisotopic (exact) mass is 368 g/mol. The van der Waals surface area contributed by atoms with E-state index in [-0.39, 0.29) is 13.0 Å². The predicted molar refractivity (Wildman–Crippen MR) is 97.8 cm³/mol. The van der Waals surface area contributed by atoms with Crippen molar-refractivity contribution in [3.05, 3.63) is 59.7 Å². The van der Waals surface area contributed by atoms with Gasteiger partial charge >= 0.3 is 0 Å². The number of nitriles is 2. The topological polar surface area (TPSA) is 114 Å². The summed E-state index contributed by atoms with van der Waals surface area (Å²) >= 11 is 0. The second kappa shape index (κ2) is 8.15. The first-order chi connectivity index (χ1) is 12.3. The molecule has 0 saturated carbocycles. The number of carbonyl (C=O) groups excluding carboxylic acids is 1. The van der Waals surface area contributed by atoms with E-state index < -0.39 is 15.9 Å². The molecule has 7 nitrogen and oxygen atoms in total. The SMILES string of the molecule is CS(=O)(=O)N(CCC(=O)Nc1ccccc1C#N)c1cccc(C#N)c1. The minimum atomic E-state index is -3.63. The van der Waals surface area contributed by atoms with Gasteiger partial charge in [-0.2, -0.15) is 10.5 Å². The Bertz CT molecular complexity index is 1000. The summed E-state index contributed by atoms with van der Waals surface area (Å²) in [5.41, 5.74) is 1.33. The van der Waals surface area contributed by atoms with Gasteiger partial charge in [0.1, 0.15) is 6.07 Å². The standard InChI is InChI=1S/C18H16N4O3S/c1-26(24,25)22(16-7-4-5-14(11-16)12-19)10-9-18(23)21-17-8-3-2-6-15(17)13-20/h2-8,11H,9-10H2,1H3,(H,21,23). The molecule has 0 saturated heterocycles. The van der Waals surface area contributed by atoms with Crippen molar-refractivity contribution >= 4 is 27.3 Å². The third kappa shape index (κ3) is 4.82. The molecule has 0 atom stereocenters. The van der Waals surface area contributed by atoms with Crippen LogP contribution in [0.1, 0.15) is 17.5 Å². The zero-order chi connectivity index (χ0) is 19.2. The number of nitrogens with zero attached hydrogens (tertiary/aromatic N) is 3. The van der Waals surface area contributed by atoms with Gasteiger partial charge in [0.2, 0.25) is 15.9 Å². The number of benzene rings is 2. The first-order valence-corrected chi connectivity index (χ1v) is 9.47. The molecule has 8 heteroatoms. The predicted octanol–water partition coefficient (Wildman–Crippen LogP) is 2.22. The Balaban J connectivity index is 2.14. The first kappa shape index (κ1) is 19.0. The highest BCUT2D eigenvalue weighted by atomic mass is 32.2. The van der Waals surface area contributed by atoms with E-state index in [0.29, 0.717) is 22.5 Å². The lowest BCUT2D eigenvalue weighted by Gasteiger charge is -2.22. The maximum Gasteiger partial charge on any atom is 0.232 e. The first-order valence-electron chi connectivity index (χ1n) is 7.62. The van der Waals surface area contributed by atoms with E-state index >= 15 is 0 Å². The van der Waals surface area contributed by atoms with Gasteiger partial charge in [0.25, 0.3) is 0 Å². The number of para-hydroxylation sites is 1. The highest BCUT2D eigenvalue weighted by molar-refractivity contribution is 7.92. The smallest absolute Gasteiger partial charge is 0.232 e. The van der Waals surface area contributed by atoms with Gasteiger partial charge in [-0.3, -0.25) is 9.10 Å². The van der Waals surface area contributed by atoms with E-state index in [0.717, 1.165) is 10.6 Å². The molecular weight excluding hydrogens is 352 g/mol. The molecule has 2 rings (SSSR count). The molecule has 0 aliphatic carbocycles. The van der Waals surface area contributed by atoms with Crippen LogP contribution in [-0.4, -0.2) is 27.1 Å². The average molecular weight is 368 g/mol. The zero-order valence-electron chi connectivity index (χ0n) is 14.0. The van der Waals surface area contributed by atoms with E-state index in [1.807, 2.05) is 12.1 Å². The fraction of sp³-hybridized carbons (Fsp3) is 0.167. The van der Waals surface area contributed by atoms with Gasteiger partial charge in [-0.15, -0.1) is 0 Å². The summed E-state index contributed by atoms with van der Waals surface area (Å²) in [4.78, 5) is 12.2. The van der Waals surface area contributed by atoms with E-state index in [1.165, 1.54) is 6.07 Å². The summed E-state index contributed by atoms with van der Waals surface area (Å²) in [5, 5.41) is 20.6. The zero-order valence-corrected chi connectivity index (χ0v) is 14.8. The number of rotatable bonds is 6. The molecule has 0 unspecified atom stereocenters. The Morgan fingerprint density at radius 2 is 1.85 bits per heavy atom. The minimum absolute atomic E-state index is 0.0890. The number of hydrogen-bond donors (Lipinski definition) is 1. The number of nitrogens with one attached hydrogen (secondary N) is 1. The fourth-order valence-corrected chi connectivity index (χ4v) is 3.24. The molecule has 0 bridgehead atoms. The fourth-order valence-electron chi connectivity index (χ4n) is 2.32. The number of carbonyl (C=O) groups is 1. The summed E-state index contributed by atoms with van der Waals surface area (Å²) in [5.74, 6) is -0.419. The van der Waals surface area contributed by atoms with Crippen LogP contribution in [0.4, 0.5) is 11.4 Å². The van der Waals surface area contributed by atoms with Crippen LogP contribution >= 0.6 is 0 Å². The van der Waals surface area contributed by atoms with Crippen molar-refractivity contribution in [2.45, 2.75) is 6.42 Å². The average Bonchev–Trinajstić information content (AvgIpc) is 2.61. The van der Waals surface area contributed by atoms with Crippen molar-refractivity contribution in [3.8, 4) is 12.1 Å². The van der Waals surface area contributed by atoms with Crippen LogP contribution in [0, 0.1) is 22.7 Å². The van der Waals surface area contributed by atoms with Gasteiger partial charge in [0.05, 0.1) is 34.8 Å². The number of hydrogen-bond acceptors (Lipinski definition) is 5. The normalized spacial score (nSPS) is 10.4. The van der Waals surface area contributed by atoms with Gasteiger partial charge in [0.15, 0.2) is 0 Å². The second-order valence-electron chi connectivity index (χ2n) is 5.45. The lowest BCUT2D eigenvalue weighted by atomic mass is 10.2. The number of anilines is 2. The quantitative estimate of drug-likeness (QED) is 0.840. The Kier molecular flexibility index (Phi) is 5.94. The number of sulfonamides is 1. The van der Waals surface area contributed by atoms with E-state index in [2.05, 4.69) is 5.32 Å². The highest BCUT2D eigenvalue weighted by Gasteiger charge is 2.19. The lowest BCUT2D eigenvalue weighted by Crippen LogP contribution is -2.33. The van der Waals surface area contributed by atoms with Crippen molar-refractivity contribution in [1.82, 2.24) is 0 Å². The van der Waals surface area contributed by atoms with Crippen molar-refractivity contribution in [3.63, 3.8) is 0 Å². The molecule has 0 spiro atoms. The summed E-state index contributed by atoms with van der Waals surface area (Å²) in [6.07, 6.45) is 0.929. The van der Waals surface area contributed by atoms with Crippen LogP contribution in [-0.2, 0) is 14.8 Å². The van der Waals surface area contributed by atoms with Gasteiger partial charge in [0, 0.05) is 13.0 Å². The number of amides is 1. The van der Waals surface area contributed by atoms with Gasteiger partial charge in [-0.25, -0.2) is 8.42 Å². The van der Waals surface area contributed by atoms with Gasteiger partial charge < -0.3 is 5.32 Å². The molecule has 0 aliphatic heterocycles. The third-order valence-corrected chi connectivity index (χ3v) is 4.72. The van der Waals surface area contributed by atoms with E-state index in [9.17, 15) is 13.2 Å². The van der Waals surface area contributed by atoms with E-state index in [1.54, 1.807) is 42.5 Å². The van der Waals surface area contributed by atoms with Crippen molar-refractivity contribution in [2.24, 2.45) is 0 Å². The summed E-state index contributed by atoms with van der Waals surface area (Å²) in [7, 11) is -3.63. The second-order valence-corrected chi connectivity index (χ2v) is 7.36. The van der Waals surface area contributed by atoms with Crippen LogP contribution in [0.25, 0.3) is 0 Å². The summed E-state index contributed by atoms with van der Waals surface area (Å²) in [6, 6.07) is 16.6. The molecule has 2 aromatic rings. The Morgan fingerprint density at radius 1 is 1.12 bits per heavy atom. The summed E-state index contributed by atoms with van der Waals surface area (Å²) in [6.45, 7) is -0.0890. The van der Waals surface area contributed by atoms with Crippen molar-refractivity contribution < 1.29 is 13.2 Å². The van der Waals surface area contributed by atoms with E-state index in [4.69, 9.17) is 10.5 Å². The Labute approximate surface area is 152 Å². The highest BCUT2D eigenvalue weighted by Crippen LogP contribution is 2.20. The van der Waals surface area contributed by atoms with Gasteiger partial charge in [-0.05, 0) is 30.3 Å². The molecule has 2 aromatic carbocycles.